The smallest absolute Gasteiger partial charge is 0.387 e. The fraction of sp³-hybridized carbons (Fsp3) is 0.286. The molecule has 0 saturated carbocycles. The van der Waals surface area contributed by atoms with E-state index in [0.717, 1.165) is 42.2 Å². The number of ether oxygens (including phenoxy) is 2. The molecule has 0 aliphatic heterocycles. The summed E-state index contributed by atoms with van der Waals surface area (Å²) in [5, 5.41) is 14.2. The van der Waals surface area contributed by atoms with Gasteiger partial charge in [-0.2, -0.15) is 8.78 Å². The maximum absolute atomic E-state index is 12.5. The van der Waals surface area contributed by atoms with Gasteiger partial charge < -0.3 is 14.8 Å². The van der Waals surface area contributed by atoms with Crippen LogP contribution in [0.5, 0.6) is 11.5 Å². The molecule has 0 atom stereocenters. The summed E-state index contributed by atoms with van der Waals surface area (Å²) in [6.45, 7) is 0.773. The molecule has 0 saturated heterocycles. The molecule has 0 fully saturated rings. The van der Waals surface area contributed by atoms with Gasteiger partial charge in [-0.15, -0.1) is 0 Å². The van der Waals surface area contributed by atoms with Gasteiger partial charge in [-0.3, -0.25) is 14.9 Å². The first kappa shape index (κ1) is 22.8. The lowest BCUT2D eigenvalue weighted by atomic mass is 10.0. The van der Waals surface area contributed by atoms with E-state index in [4.69, 9.17) is 4.74 Å². The highest BCUT2D eigenvalue weighted by molar-refractivity contribution is 6.03. The number of nitrogens with one attached hydrogen (secondary N) is 1. The largest absolute Gasteiger partial charge is 0.493 e. The lowest BCUT2D eigenvalue weighted by Gasteiger charge is -2.13. The zero-order chi connectivity index (χ0) is 22.3. The Morgan fingerprint density at radius 2 is 1.83 bits per heavy atom. The molecule has 30 heavy (non-hydrogen) atoms. The molecule has 1 amide bonds. The zero-order valence-electron chi connectivity index (χ0n) is 16.8. The maximum atomic E-state index is 12.5. The number of rotatable bonds is 9. The van der Waals surface area contributed by atoms with Crippen molar-refractivity contribution >= 4 is 23.4 Å². The molecule has 1 N–H and O–H groups in total. The lowest BCUT2D eigenvalue weighted by Crippen LogP contribution is -2.12. The van der Waals surface area contributed by atoms with Crippen molar-refractivity contribution in [2.24, 2.45) is 0 Å². The number of anilines is 1. The van der Waals surface area contributed by atoms with Gasteiger partial charge >= 0.3 is 6.61 Å². The Hall–Kier alpha value is -3.49. The summed E-state index contributed by atoms with van der Waals surface area (Å²) >= 11 is 0. The fourth-order valence-corrected chi connectivity index (χ4v) is 2.94. The Morgan fingerprint density at radius 3 is 2.33 bits per heavy atom. The molecule has 0 spiro atoms. The monoisotopic (exact) mass is 420 g/mol. The van der Waals surface area contributed by atoms with Gasteiger partial charge in [0.25, 0.3) is 5.69 Å². The SMILES string of the molecule is CCc1cccc(CC)c1NC(=O)/C=C/c1cc(OC)c(OC(F)F)cc1[N+](=O)[O-]. The first-order valence-corrected chi connectivity index (χ1v) is 9.21. The number of halogens is 2. The number of alkyl halides is 2. The van der Waals surface area contributed by atoms with E-state index in [0.29, 0.717) is 5.69 Å². The van der Waals surface area contributed by atoms with Crippen molar-refractivity contribution in [3.63, 3.8) is 0 Å². The third kappa shape index (κ3) is 5.53. The second-order valence-electron chi connectivity index (χ2n) is 6.18. The van der Waals surface area contributed by atoms with Crippen LogP contribution in [0.3, 0.4) is 0 Å². The van der Waals surface area contributed by atoms with E-state index in [9.17, 15) is 23.7 Å². The van der Waals surface area contributed by atoms with Crippen LogP contribution in [-0.2, 0) is 17.6 Å². The topological polar surface area (TPSA) is 90.7 Å². The third-order valence-electron chi connectivity index (χ3n) is 4.39. The van der Waals surface area contributed by atoms with Crippen LogP contribution in [0.4, 0.5) is 20.2 Å². The van der Waals surface area contributed by atoms with Crippen molar-refractivity contribution in [1.82, 2.24) is 0 Å². The second-order valence-corrected chi connectivity index (χ2v) is 6.18. The molecule has 0 unspecified atom stereocenters. The maximum Gasteiger partial charge on any atom is 0.387 e. The Bertz CT molecular complexity index is 938. The summed E-state index contributed by atoms with van der Waals surface area (Å²) in [4.78, 5) is 23.0. The third-order valence-corrected chi connectivity index (χ3v) is 4.39. The Kier molecular flexibility index (Phi) is 7.85. The molecule has 2 aromatic rings. The number of benzene rings is 2. The molecule has 0 bridgehead atoms. The molecule has 0 aromatic heterocycles. The van der Waals surface area contributed by atoms with Gasteiger partial charge in [-0.05, 0) is 36.1 Å². The van der Waals surface area contributed by atoms with Gasteiger partial charge in [0, 0.05) is 11.8 Å². The van der Waals surface area contributed by atoms with Crippen LogP contribution in [0.2, 0.25) is 0 Å². The molecule has 2 rings (SSSR count). The van der Waals surface area contributed by atoms with Gasteiger partial charge in [-0.1, -0.05) is 32.0 Å². The van der Waals surface area contributed by atoms with E-state index in [1.165, 1.54) is 13.2 Å². The summed E-state index contributed by atoms with van der Waals surface area (Å²) in [5.74, 6) is -1.07. The van der Waals surface area contributed by atoms with Crippen molar-refractivity contribution in [3.05, 3.63) is 63.2 Å². The van der Waals surface area contributed by atoms with Crippen LogP contribution >= 0.6 is 0 Å². The van der Waals surface area contributed by atoms with E-state index in [2.05, 4.69) is 10.1 Å². The van der Waals surface area contributed by atoms with Gasteiger partial charge in [0.15, 0.2) is 11.5 Å². The standard InChI is InChI=1S/C21H22F2N2O5/c1-4-13-7-6-8-14(5-2)20(13)24-19(26)10-9-15-11-17(29-3)18(30-21(22)23)12-16(15)25(27)28/h6-12,21H,4-5H2,1-3H3,(H,24,26)/b10-9+. The van der Waals surface area contributed by atoms with E-state index < -0.39 is 28.9 Å². The summed E-state index contributed by atoms with van der Waals surface area (Å²) in [5.41, 5.74) is 2.16. The first-order valence-electron chi connectivity index (χ1n) is 9.21. The highest BCUT2D eigenvalue weighted by atomic mass is 19.3. The minimum absolute atomic E-state index is 0.00751. The fourth-order valence-electron chi connectivity index (χ4n) is 2.94. The lowest BCUT2D eigenvalue weighted by molar-refractivity contribution is -0.385. The Labute approximate surface area is 172 Å². The minimum atomic E-state index is -3.17. The molecular formula is C21H22F2N2O5. The average Bonchev–Trinajstić information content (AvgIpc) is 2.71. The number of para-hydroxylation sites is 1. The van der Waals surface area contributed by atoms with Crippen molar-refractivity contribution in [2.45, 2.75) is 33.3 Å². The van der Waals surface area contributed by atoms with Crippen molar-refractivity contribution in [3.8, 4) is 11.5 Å². The summed E-state index contributed by atoms with van der Waals surface area (Å²) < 4.78 is 34.3. The molecule has 7 nitrogen and oxygen atoms in total. The highest BCUT2D eigenvalue weighted by Crippen LogP contribution is 2.36. The quantitative estimate of drug-likeness (QED) is 0.351. The average molecular weight is 420 g/mol. The predicted octanol–water partition coefficient (Wildman–Crippen LogP) is 4.98. The molecular weight excluding hydrogens is 398 g/mol. The number of carbonyl (C=O) groups excluding carboxylic acids is 1. The van der Waals surface area contributed by atoms with E-state index in [-0.39, 0.29) is 11.3 Å². The molecule has 0 radical (unpaired) electrons. The number of hydrogen-bond acceptors (Lipinski definition) is 5. The number of nitro benzene ring substituents is 1. The van der Waals surface area contributed by atoms with E-state index >= 15 is 0 Å². The molecule has 0 heterocycles. The van der Waals surface area contributed by atoms with Gasteiger partial charge in [0.05, 0.1) is 23.7 Å². The Morgan fingerprint density at radius 1 is 1.20 bits per heavy atom. The van der Waals surface area contributed by atoms with Crippen molar-refractivity contribution in [1.29, 1.82) is 0 Å². The number of amides is 1. The highest BCUT2D eigenvalue weighted by Gasteiger charge is 2.20. The van der Waals surface area contributed by atoms with E-state index in [1.807, 2.05) is 32.0 Å². The normalized spacial score (nSPS) is 11.0. The van der Waals surface area contributed by atoms with Gasteiger partial charge in [0.2, 0.25) is 5.91 Å². The molecule has 0 aliphatic rings. The van der Waals surface area contributed by atoms with E-state index in [1.54, 1.807) is 0 Å². The summed E-state index contributed by atoms with van der Waals surface area (Å²) in [6.07, 6.45) is 3.81. The number of nitrogens with zero attached hydrogens (tertiary/aromatic N) is 1. The zero-order valence-corrected chi connectivity index (χ0v) is 16.8. The van der Waals surface area contributed by atoms with Crippen LogP contribution in [0.25, 0.3) is 6.08 Å². The van der Waals surface area contributed by atoms with Crippen LogP contribution in [-0.4, -0.2) is 24.6 Å². The number of aryl methyl sites for hydroxylation is 2. The number of hydrogen-bond donors (Lipinski definition) is 1. The van der Waals surface area contributed by atoms with Crippen LogP contribution in [0.1, 0.15) is 30.5 Å². The van der Waals surface area contributed by atoms with Gasteiger partial charge in [-0.25, -0.2) is 0 Å². The number of carbonyl (C=O) groups is 1. The molecule has 160 valence electrons. The summed E-state index contributed by atoms with van der Waals surface area (Å²) in [7, 11) is 1.22. The van der Waals surface area contributed by atoms with Crippen molar-refractivity contribution in [2.75, 3.05) is 12.4 Å². The first-order chi connectivity index (χ1) is 14.3. The van der Waals surface area contributed by atoms with Crippen LogP contribution in [0, 0.1) is 10.1 Å². The Balaban J connectivity index is 2.35. The van der Waals surface area contributed by atoms with Gasteiger partial charge in [0.1, 0.15) is 0 Å². The van der Waals surface area contributed by atoms with Crippen molar-refractivity contribution < 1.29 is 28.0 Å². The minimum Gasteiger partial charge on any atom is -0.493 e. The molecule has 9 heteroatoms. The molecule has 2 aromatic carbocycles. The summed E-state index contributed by atoms with van der Waals surface area (Å²) in [6, 6.07) is 7.74. The molecule has 0 aliphatic carbocycles. The predicted molar refractivity (Wildman–Crippen MR) is 109 cm³/mol. The van der Waals surface area contributed by atoms with Crippen LogP contribution < -0.4 is 14.8 Å². The second kappa shape index (κ2) is 10.3. The number of nitro groups is 1. The number of methoxy groups -OCH3 is 1. The van der Waals surface area contributed by atoms with Crippen LogP contribution in [0.15, 0.2) is 36.4 Å².